The lowest BCUT2D eigenvalue weighted by molar-refractivity contribution is -0.119. The fourth-order valence-electron chi connectivity index (χ4n) is 1.25. The highest BCUT2D eigenvalue weighted by Gasteiger charge is 2.20. The predicted molar refractivity (Wildman–Crippen MR) is 56.2 cm³/mol. The largest absolute Gasteiger partial charge is 0.374 e. The van der Waals surface area contributed by atoms with Gasteiger partial charge in [-0.3, -0.25) is 4.79 Å². The summed E-state index contributed by atoms with van der Waals surface area (Å²) in [5, 5.41) is 11.0. The lowest BCUT2D eigenvalue weighted by Gasteiger charge is -2.06. The first-order valence-electron chi connectivity index (χ1n) is 4.25. The number of carbonyl (C=O) groups is 1. The van der Waals surface area contributed by atoms with Gasteiger partial charge in [0.15, 0.2) is 4.34 Å². The Morgan fingerprint density at radius 1 is 1.64 bits per heavy atom. The number of anilines is 1. The normalized spacial score (nSPS) is 21.1. The van der Waals surface area contributed by atoms with Crippen LogP contribution in [0.15, 0.2) is 4.34 Å². The van der Waals surface area contributed by atoms with Gasteiger partial charge in [0.25, 0.3) is 0 Å². The third-order valence-corrected chi connectivity index (χ3v) is 3.96. The zero-order valence-electron chi connectivity index (χ0n) is 7.40. The van der Waals surface area contributed by atoms with Gasteiger partial charge < -0.3 is 11.1 Å². The highest BCUT2D eigenvalue weighted by atomic mass is 32.2. The van der Waals surface area contributed by atoms with Crippen molar-refractivity contribution in [2.45, 2.75) is 23.2 Å². The van der Waals surface area contributed by atoms with Gasteiger partial charge in [0.2, 0.25) is 11.0 Å². The topological polar surface area (TPSA) is 80.9 Å². The molecule has 76 valence electrons. The number of nitrogen functional groups attached to an aromatic ring is 1. The Morgan fingerprint density at radius 2 is 2.50 bits per heavy atom. The third-order valence-electron chi connectivity index (χ3n) is 1.92. The number of hydrogen-bond donors (Lipinski definition) is 2. The van der Waals surface area contributed by atoms with Crippen LogP contribution in [-0.2, 0) is 4.79 Å². The molecule has 0 spiro atoms. The van der Waals surface area contributed by atoms with Gasteiger partial charge >= 0.3 is 0 Å². The molecule has 1 atom stereocenters. The van der Waals surface area contributed by atoms with Crippen LogP contribution in [0.3, 0.4) is 0 Å². The molecule has 3 N–H and O–H groups in total. The molecule has 1 fully saturated rings. The van der Waals surface area contributed by atoms with Crippen molar-refractivity contribution in [2.24, 2.45) is 0 Å². The quantitative estimate of drug-likeness (QED) is 0.739. The molecule has 1 unspecified atom stereocenters. The molecule has 0 saturated carbocycles. The van der Waals surface area contributed by atoms with Crippen molar-refractivity contribution in [3.8, 4) is 0 Å². The van der Waals surface area contributed by atoms with Gasteiger partial charge in [-0.05, 0) is 6.42 Å². The molecule has 1 aromatic rings. The molecule has 1 saturated heterocycles. The number of nitrogens with zero attached hydrogens (tertiary/aromatic N) is 2. The van der Waals surface area contributed by atoms with Crippen LogP contribution < -0.4 is 11.1 Å². The number of amides is 1. The Kier molecular flexibility index (Phi) is 2.87. The number of carbonyl (C=O) groups excluding carboxylic acids is 1. The van der Waals surface area contributed by atoms with E-state index in [1.54, 1.807) is 11.8 Å². The van der Waals surface area contributed by atoms with Crippen LogP contribution in [0.5, 0.6) is 0 Å². The third kappa shape index (κ3) is 2.36. The standard InChI is InChI=1S/C7H10N4OS2/c8-6-10-11-7(14-6)13-3-4-1-2-5(12)9-4/h4H,1-3H2,(H2,8,10)(H,9,12). The number of aromatic nitrogens is 2. The molecule has 1 aliphatic heterocycles. The average molecular weight is 230 g/mol. The highest BCUT2D eigenvalue weighted by Crippen LogP contribution is 2.25. The number of nitrogens with one attached hydrogen (secondary N) is 1. The van der Waals surface area contributed by atoms with Crippen LogP contribution in [0.1, 0.15) is 12.8 Å². The van der Waals surface area contributed by atoms with Crippen molar-refractivity contribution in [1.29, 1.82) is 0 Å². The summed E-state index contributed by atoms with van der Waals surface area (Å²) in [4.78, 5) is 10.9. The number of thioether (sulfide) groups is 1. The number of nitrogens with two attached hydrogens (primary N) is 1. The summed E-state index contributed by atoms with van der Waals surface area (Å²) in [5.41, 5.74) is 5.45. The second-order valence-electron chi connectivity index (χ2n) is 3.02. The second kappa shape index (κ2) is 4.14. The van der Waals surface area contributed by atoms with E-state index >= 15 is 0 Å². The monoisotopic (exact) mass is 230 g/mol. The molecule has 1 amide bonds. The van der Waals surface area contributed by atoms with Crippen molar-refractivity contribution >= 4 is 34.1 Å². The molecule has 0 radical (unpaired) electrons. The fraction of sp³-hybridized carbons (Fsp3) is 0.571. The zero-order valence-corrected chi connectivity index (χ0v) is 9.03. The molecular formula is C7H10N4OS2. The summed E-state index contributed by atoms with van der Waals surface area (Å²) in [7, 11) is 0. The van der Waals surface area contributed by atoms with Gasteiger partial charge in [-0.2, -0.15) is 0 Å². The molecule has 1 aromatic heterocycles. The van der Waals surface area contributed by atoms with E-state index in [1.807, 2.05) is 0 Å². The first-order chi connectivity index (χ1) is 6.74. The van der Waals surface area contributed by atoms with Gasteiger partial charge in [0.1, 0.15) is 0 Å². The SMILES string of the molecule is Nc1nnc(SCC2CCC(=O)N2)s1. The van der Waals surface area contributed by atoms with Gasteiger partial charge in [-0.1, -0.05) is 23.1 Å². The van der Waals surface area contributed by atoms with E-state index < -0.39 is 0 Å². The summed E-state index contributed by atoms with van der Waals surface area (Å²) >= 11 is 2.97. The first kappa shape index (κ1) is 9.72. The van der Waals surface area contributed by atoms with Gasteiger partial charge in [0.05, 0.1) is 0 Å². The molecule has 7 heteroatoms. The molecule has 2 rings (SSSR count). The molecule has 5 nitrogen and oxygen atoms in total. The average Bonchev–Trinajstić information content (AvgIpc) is 2.72. The van der Waals surface area contributed by atoms with Crippen LogP contribution in [-0.4, -0.2) is 27.9 Å². The lowest BCUT2D eigenvalue weighted by atomic mass is 10.2. The maximum absolute atomic E-state index is 10.9. The molecule has 0 bridgehead atoms. The van der Waals surface area contributed by atoms with E-state index in [-0.39, 0.29) is 11.9 Å². The molecule has 14 heavy (non-hydrogen) atoms. The van der Waals surface area contributed by atoms with Crippen molar-refractivity contribution < 1.29 is 4.79 Å². The van der Waals surface area contributed by atoms with Crippen LogP contribution >= 0.6 is 23.1 Å². The smallest absolute Gasteiger partial charge is 0.220 e. The molecular weight excluding hydrogens is 220 g/mol. The van der Waals surface area contributed by atoms with Crippen LogP contribution in [0.2, 0.25) is 0 Å². The van der Waals surface area contributed by atoms with Crippen LogP contribution in [0, 0.1) is 0 Å². The minimum Gasteiger partial charge on any atom is -0.374 e. The summed E-state index contributed by atoms with van der Waals surface area (Å²) in [5.74, 6) is 0.993. The molecule has 0 aliphatic carbocycles. The Morgan fingerprint density at radius 3 is 3.07 bits per heavy atom. The van der Waals surface area contributed by atoms with Crippen molar-refractivity contribution in [3.05, 3.63) is 0 Å². The van der Waals surface area contributed by atoms with Crippen LogP contribution in [0.25, 0.3) is 0 Å². The van der Waals surface area contributed by atoms with E-state index in [4.69, 9.17) is 5.73 Å². The van der Waals surface area contributed by atoms with Gasteiger partial charge in [-0.25, -0.2) is 0 Å². The Bertz CT molecular complexity index is 340. The minimum absolute atomic E-state index is 0.146. The summed E-state index contributed by atoms with van der Waals surface area (Å²) in [6.07, 6.45) is 1.56. The Labute approximate surface area is 89.5 Å². The first-order valence-corrected chi connectivity index (χ1v) is 6.05. The van der Waals surface area contributed by atoms with Gasteiger partial charge in [0, 0.05) is 18.2 Å². The lowest BCUT2D eigenvalue weighted by Crippen LogP contribution is -2.27. The van der Waals surface area contributed by atoms with Crippen LogP contribution in [0.4, 0.5) is 5.13 Å². The predicted octanol–water partition coefficient (Wildman–Crippen LogP) is 0.491. The Hall–Kier alpha value is -0.820. The molecule has 1 aliphatic rings. The zero-order chi connectivity index (χ0) is 9.97. The maximum atomic E-state index is 10.9. The van der Waals surface area contributed by atoms with E-state index in [9.17, 15) is 4.79 Å². The fourth-order valence-corrected chi connectivity index (χ4v) is 2.98. The van der Waals surface area contributed by atoms with E-state index in [1.165, 1.54) is 11.3 Å². The van der Waals surface area contributed by atoms with E-state index in [0.717, 1.165) is 16.5 Å². The second-order valence-corrected chi connectivity index (χ2v) is 5.30. The van der Waals surface area contributed by atoms with Crippen molar-refractivity contribution in [2.75, 3.05) is 11.5 Å². The molecule has 2 heterocycles. The maximum Gasteiger partial charge on any atom is 0.220 e. The number of hydrogen-bond acceptors (Lipinski definition) is 6. The minimum atomic E-state index is 0.146. The van der Waals surface area contributed by atoms with Crippen molar-refractivity contribution in [1.82, 2.24) is 15.5 Å². The van der Waals surface area contributed by atoms with Gasteiger partial charge in [-0.15, -0.1) is 10.2 Å². The highest BCUT2D eigenvalue weighted by molar-refractivity contribution is 8.01. The summed E-state index contributed by atoms with van der Waals surface area (Å²) in [6.45, 7) is 0. The van der Waals surface area contributed by atoms with E-state index in [2.05, 4.69) is 15.5 Å². The summed E-state index contributed by atoms with van der Waals surface area (Å²) < 4.78 is 0.864. The van der Waals surface area contributed by atoms with E-state index in [0.29, 0.717) is 11.6 Å². The molecule has 0 aromatic carbocycles. The van der Waals surface area contributed by atoms with Crippen molar-refractivity contribution in [3.63, 3.8) is 0 Å². The number of rotatable bonds is 3. The summed E-state index contributed by atoms with van der Waals surface area (Å²) in [6, 6.07) is 0.276. The Balaban J connectivity index is 1.80.